The van der Waals surface area contributed by atoms with Crippen LogP contribution in [0.15, 0.2) is 11.3 Å². The van der Waals surface area contributed by atoms with Crippen molar-refractivity contribution in [3.63, 3.8) is 0 Å². The lowest BCUT2D eigenvalue weighted by Crippen LogP contribution is -2.51. The van der Waals surface area contributed by atoms with Crippen LogP contribution in [-0.2, 0) is 0 Å². The van der Waals surface area contributed by atoms with E-state index in [0.29, 0.717) is 13.1 Å². The predicted octanol–water partition coefficient (Wildman–Crippen LogP) is 2.59. The fourth-order valence-electron chi connectivity index (χ4n) is 2.42. The van der Waals surface area contributed by atoms with Crippen LogP contribution in [0.25, 0.3) is 0 Å². The zero-order valence-electron chi connectivity index (χ0n) is 12.6. The average molecular weight is 293 g/mol. The molecule has 1 aliphatic heterocycles. The van der Waals surface area contributed by atoms with Gasteiger partial charge in [0.25, 0.3) is 0 Å². The molecule has 0 aromatic carbocycles. The maximum atomic E-state index is 12.2. The van der Waals surface area contributed by atoms with Crippen molar-refractivity contribution in [3.05, 3.63) is 11.3 Å². The molecule has 0 amide bonds. The number of rotatable bonds is 5. The van der Waals surface area contributed by atoms with E-state index in [2.05, 4.69) is 18.7 Å². The summed E-state index contributed by atoms with van der Waals surface area (Å²) in [5, 5.41) is 0. The lowest BCUT2D eigenvalue weighted by molar-refractivity contribution is -0.138. The third-order valence-electron chi connectivity index (χ3n) is 4.14. The van der Waals surface area contributed by atoms with Crippen molar-refractivity contribution in [2.24, 2.45) is 5.73 Å². The molecule has 1 rings (SSSR count). The van der Waals surface area contributed by atoms with E-state index in [-0.39, 0.29) is 12.6 Å². The van der Waals surface area contributed by atoms with Crippen LogP contribution in [0.1, 0.15) is 33.6 Å². The summed E-state index contributed by atoms with van der Waals surface area (Å²) in [6, 6.07) is 0.166. The number of allylic oxidation sites excluding steroid dienone is 1. The second-order valence-corrected chi connectivity index (χ2v) is 5.51. The van der Waals surface area contributed by atoms with Crippen LogP contribution < -0.4 is 5.73 Å². The molecule has 0 aliphatic carbocycles. The van der Waals surface area contributed by atoms with Gasteiger partial charge in [-0.15, -0.1) is 0 Å². The molecule has 1 atom stereocenters. The average Bonchev–Trinajstić information content (AvgIpc) is 2.42. The highest BCUT2D eigenvalue weighted by Crippen LogP contribution is 2.21. The van der Waals surface area contributed by atoms with Crippen molar-refractivity contribution in [3.8, 4) is 0 Å². The second kappa shape index (κ2) is 7.31. The zero-order chi connectivity index (χ0) is 15.3. The molecule has 1 unspecified atom stereocenters. The van der Waals surface area contributed by atoms with Crippen molar-refractivity contribution in [2.75, 3.05) is 32.7 Å². The van der Waals surface area contributed by atoms with Crippen molar-refractivity contribution >= 4 is 0 Å². The number of hydrogen-bond donors (Lipinski definition) is 1. The minimum atomic E-state index is -4.06. The Morgan fingerprint density at radius 1 is 1.20 bits per heavy atom. The van der Waals surface area contributed by atoms with Gasteiger partial charge in [0, 0.05) is 44.5 Å². The number of hydrogen-bond acceptors (Lipinski definition) is 3. The highest BCUT2D eigenvalue weighted by Gasteiger charge is 2.29. The van der Waals surface area contributed by atoms with Crippen molar-refractivity contribution in [2.45, 2.75) is 45.8 Å². The van der Waals surface area contributed by atoms with Crippen LogP contribution in [-0.4, -0.2) is 54.7 Å². The number of alkyl halides is 3. The molecule has 20 heavy (non-hydrogen) atoms. The zero-order valence-corrected chi connectivity index (χ0v) is 12.6. The summed E-state index contributed by atoms with van der Waals surface area (Å²) in [7, 11) is 0. The Morgan fingerprint density at radius 3 is 2.20 bits per heavy atom. The molecule has 0 spiro atoms. The van der Waals surface area contributed by atoms with Gasteiger partial charge in [-0.25, -0.2) is 0 Å². The standard InChI is InChI=1S/C14H26F3N3/c1-4-11(2)13(18)12(3)20-9-7-19(8-10-20)6-5-14(15,16)17/h12H,4-10,18H2,1-3H3/b13-11-. The molecule has 2 N–H and O–H groups in total. The van der Waals surface area contributed by atoms with Crippen LogP contribution in [0.2, 0.25) is 0 Å². The summed E-state index contributed by atoms with van der Waals surface area (Å²) < 4.78 is 36.6. The molecule has 118 valence electrons. The van der Waals surface area contributed by atoms with Gasteiger partial charge in [-0.1, -0.05) is 12.5 Å². The maximum absolute atomic E-state index is 12.2. The Morgan fingerprint density at radius 2 is 1.75 bits per heavy atom. The molecule has 1 heterocycles. The molecule has 0 aromatic rings. The fraction of sp³-hybridized carbons (Fsp3) is 0.857. The van der Waals surface area contributed by atoms with E-state index in [4.69, 9.17) is 5.73 Å². The van der Waals surface area contributed by atoms with E-state index in [0.717, 1.165) is 25.2 Å². The summed E-state index contributed by atoms with van der Waals surface area (Å²) in [6.07, 6.45) is -3.85. The SMILES string of the molecule is CC/C(C)=C(\N)C(C)N1CCN(CCC(F)(F)F)CC1. The molecule has 1 fully saturated rings. The molecule has 0 saturated carbocycles. The fourth-order valence-corrected chi connectivity index (χ4v) is 2.42. The summed E-state index contributed by atoms with van der Waals surface area (Å²) in [5.74, 6) is 0. The molecule has 0 bridgehead atoms. The molecule has 0 radical (unpaired) electrons. The van der Waals surface area contributed by atoms with Gasteiger partial charge in [0.1, 0.15) is 0 Å². The topological polar surface area (TPSA) is 32.5 Å². The second-order valence-electron chi connectivity index (χ2n) is 5.51. The smallest absolute Gasteiger partial charge is 0.390 e. The van der Waals surface area contributed by atoms with Gasteiger partial charge in [-0.2, -0.15) is 13.2 Å². The Bertz CT molecular complexity index is 331. The summed E-state index contributed by atoms with van der Waals surface area (Å²) >= 11 is 0. The van der Waals surface area contributed by atoms with Crippen molar-refractivity contribution < 1.29 is 13.2 Å². The van der Waals surface area contributed by atoms with Crippen LogP contribution in [0.4, 0.5) is 13.2 Å². The Hall–Kier alpha value is -0.750. The Balaban J connectivity index is 2.42. The van der Waals surface area contributed by atoms with Gasteiger partial charge in [0.15, 0.2) is 0 Å². The van der Waals surface area contributed by atoms with Gasteiger partial charge in [-0.05, 0) is 20.3 Å². The van der Waals surface area contributed by atoms with Crippen LogP contribution in [0.3, 0.4) is 0 Å². The van der Waals surface area contributed by atoms with Gasteiger partial charge >= 0.3 is 6.18 Å². The third-order valence-corrected chi connectivity index (χ3v) is 4.14. The van der Waals surface area contributed by atoms with E-state index in [1.54, 1.807) is 0 Å². The van der Waals surface area contributed by atoms with E-state index in [1.807, 2.05) is 11.8 Å². The largest absolute Gasteiger partial charge is 0.401 e. The van der Waals surface area contributed by atoms with Crippen LogP contribution >= 0.6 is 0 Å². The molecule has 1 saturated heterocycles. The van der Waals surface area contributed by atoms with Crippen molar-refractivity contribution in [1.29, 1.82) is 0 Å². The minimum absolute atomic E-state index is 0.102. The van der Waals surface area contributed by atoms with E-state index >= 15 is 0 Å². The van der Waals surface area contributed by atoms with E-state index in [9.17, 15) is 13.2 Å². The van der Waals surface area contributed by atoms with Gasteiger partial charge < -0.3 is 10.6 Å². The monoisotopic (exact) mass is 293 g/mol. The van der Waals surface area contributed by atoms with Gasteiger partial charge in [0.05, 0.1) is 6.42 Å². The third kappa shape index (κ3) is 5.32. The molecule has 1 aliphatic rings. The predicted molar refractivity (Wildman–Crippen MR) is 75.3 cm³/mol. The molecule has 6 heteroatoms. The Kier molecular flexibility index (Phi) is 6.33. The summed E-state index contributed by atoms with van der Waals surface area (Å²) in [4.78, 5) is 4.13. The first-order chi connectivity index (χ1) is 9.24. The Labute approximate surface area is 119 Å². The van der Waals surface area contributed by atoms with Crippen LogP contribution in [0, 0.1) is 0 Å². The first kappa shape index (κ1) is 17.3. The first-order valence-corrected chi connectivity index (χ1v) is 7.23. The number of halogens is 3. The lowest BCUT2D eigenvalue weighted by Gasteiger charge is -2.38. The summed E-state index contributed by atoms with van der Waals surface area (Å²) in [5.41, 5.74) is 8.22. The lowest BCUT2D eigenvalue weighted by atomic mass is 10.1. The molecule has 3 nitrogen and oxygen atoms in total. The highest BCUT2D eigenvalue weighted by atomic mass is 19.4. The van der Waals surface area contributed by atoms with Gasteiger partial charge in [-0.3, -0.25) is 4.90 Å². The molecule has 0 aromatic heterocycles. The highest BCUT2D eigenvalue weighted by molar-refractivity contribution is 5.14. The van der Waals surface area contributed by atoms with Gasteiger partial charge in [0.2, 0.25) is 0 Å². The first-order valence-electron chi connectivity index (χ1n) is 7.23. The van der Waals surface area contributed by atoms with E-state index < -0.39 is 12.6 Å². The van der Waals surface area contributed by atoms with Crippen LogP contribution in [0.5, 0.6) is 0 Å². The quantitative estimate of drug-likeness (QED) is 0.845. The number of piperazine rings is 1. The minimum Gasteiger partial charge on any atom is -0.401 e. The molecular weight excluding hydrogens is 267 g/mol. The number of nitrogens with zero attached hydrogens (tertiary/aromatic N) is 2. The summed E-state index contributed by atoms with van der Waals surface area (Å²) in [6.45, 7) is 9.19. The van der Waals surface area contributed by atoms with Crippen molar-refractivity contribution in [1.82, 2.24) is 9.80 Å². The normalized spacial score (nSPS) is 21.7. The van der Waals surface area contributed by atoms with E-state index in [1.165, 1.54) is 5.57 Å². The number of nitrogens with two attached hydrogens (primary N) is 1. The maximum Gasteiger partial charge on any atom is 0.390 e. The molecular formula is C14H26F3N3.